The molecule has 18 heteroatoms. The largest absolute Gasteiger partial charge is 1.00 e. The summed E-state index contributed by atoms with van der Waals surface area (Å²) in [4.78, 5) is 71.4. The number of thioether (sulfide) groups is 1. The fraction of sp³-hybridized carbons (Fsp3) is 0.273. The number of carboxylic acid groups (broad SMARTS) is 2. The Labute approximate surface area is 340 Å². The molecule has 2 saturated heterocycles. The SMILES string of the molecule is CC(=O)NS(=O)(=O)c1ccc(NC(=O)c2ccccc2C(=O)O)cc1.CC(Oc1ccccc1)C(=O)N[C@@H]1C(=O)N2[C@@H]1SC(C)(C)[C@@H]2C(=O)[O-].[K+]. The van der Waals surface area contributed by atoms with E-state index in [1.54, 1.807) is 45.0 Å². The summed E-state index contributed by atoms with van der Waals surface area (Å²) in [6.07, 6.45) is -0.777. The van der Waals surface area contributed by atoms with E-state index >= 15 is 0 Å². The van der Waals surface area contributed by atoms with Crippen LogP contribution in [0.3, 0.4) is 0 Å². The van der Waals surface area contributed by atoms with E-state index in [1.807, 2.05) is 10.8 Å². The van der Waals surface area contributed by atoms with Gasteiger partial charge in [-0.1, -0.05) is 30.3 Å². The van der Waals surface area contributed by atoms with Gasteiger partial charge in [0.1, 0.15) is 17.2 Å². The van der Waals surface area contributed by atoms with Crippen molar-refractivity contribution < 1.29 is 104 Å². The zero-order chi connectivity index (χ0) is 37.0. The van der Waals surface area contributed by atoms with E-state index in [2.05, 4.69) is 10.6 Å². The Morgan fingerprint density at radius 1 is 0.941 bits per heavy atom. The van der Waals surface area contributed by atoms with Gasteiger partial charge in [0.05, 0.1) is 28.0 Å². The number of rotatable bonds is 10. The van der Waals surface area contributed by atoms with Crippen molar-refractivity contribution in [1.29, 1.82) is 0 Å². The van der Waals surface area contributed by atoms with E-state index < -0.39 is 73.9 Å². The van der Waals surface area contributed by atoms with E-state index in [0.29, 0.717) is 5.75 Å². The number of carboxylic acids is 2. The summed E-state index contributed by atoms with van der Waals surface area (Å²) in [5, 5.41) is 25.2. The van der Waals surface area contributed by atoms with Crippen molar-refractivity contribution in [1.82, 2.24) is 14.9 Å². The number of carbonyl (C=O) groups excluding carboxylic acids is 5. The minimum atomic E-state index is -3.96. The van der Waals surface area contributed by atoms with Crippen molar-refractivity contribution in [3.8, 4) is 5.75 Å². The second-order valence-corrected chi connectivity index (χ2v) is 15.1. The molecular weight excluding hydrogens is 732 g/mol. The fourth-order valence-corrected chi connectivity index (χ4v) is 7.80. The third-order valence-corrected chi connectivity index (χ3v) is 10.5. The number of fused-ring (bicyclic) bond motifs is 1. The number of amides is 4. The van der Waals surface area contributed by atoms with Gasteiger partial charge in [-0.25, -0.2) is 17.9 Å². The summed E-state index contributed by atoms with van der Waals surface area (Å²) >= 11 is 1.35. The Hall–Kier alpha value is -3.78. The molecule has 3 aromatic carbocycles. The van der Waals surface area contributed by atoms with Crippen molar-refractivity contribution in [2.45, 2.75) is 60.9 Å². The number of aromatic carboxylic acids is 1. The van der Waals surface area contributed by atoms with E-state index in [-0.39, 0.29) is 73.1 Å². The predicted molar refractivity (Wildman–Crippen MR) is 178 cm³/mol. The normalized spacial score (nSPS) is 18.9. The molecule has 2 aliphatic rings. The molecule has 0 radical (unpaired) electrons. The van der Waals surface area contributed by atoms with Crippen LogP contribution in [0.5, 0.6) is 5.75 Å². The summed E-state index contributed by atoms with van der Waals surface area (Å²) in [6, 6.07) is 18.0. The van der Waals surface area contributed by atoms with Crippen LogP contribution in [0.25, 0.3) is 0 Å². The van der Waals surface area contributed by atoms with Gasteiger partial charge in [0, 0.05) is 17.4 Å². The average molecular weight is 765 g/mol. The van der Waals surface area contributed by atoms with E-state index in [0.717, 1.165) is 6.92 Å². The summed E-state index contributed by atoms with van der Waals surface area (Å²) in [6.45, 7) is 6.18. The van der Waals surface area contributed by atoms with Crippen molar-refractivity contribution in [2.75, 3.05) is 5.32 Å². The fourth-order valence-electron chi connectivity index (χ4n) is 5.19. The molecule has 0 aliphatic carbocycles. The molecule has 4 amide bonds. The monoisotopic (exact) mass is 764 g/mol. The molecule has 2 fully saturated rings. The second-order valence-electron chi connectivity index (χ2n) is 11.6. The molecule has 0 saturated carbocycles. The molecule has 2 aliphatic heterocycles. The average Bonchev–Trinajstić information content (AvgIpc) is 3.31. The molecule has 3 aromatic rings. The molecule has 4 N–H and O–H groups in total. The van der Waals surface area contributed by atoms with Crippen LogP contribution in [0.1, 0.15) is 48.4 Å². The molecule has 0 aromatic heterocycles. The maximum atomic E-state index is 12.3. The first-order chi connectivity index (χ1) is 23.4. The molecular formula is C33H33KN4O11S2. The van der Waals surface area contributed by atoms with Crippen molar-refractivity contribution in [2.24, 2.45) is 0 Å². The number of benzene rings is 3. The van der Waals surface area contributed by atoms with Crippen LogP contribution < -0.4 is 76.6 Å². The van der Waals surface area contributed by atoms with Crippen LogP contribution in [0, 0.1) is 0 Å². The molecule has 4 atom stereocenters. The Bertz CT molecular complexity index is 1930. The first-order valence-corrected chi connectivity index (χ1v) is 17.3. The maximum absolute atomic E-state index is 12.3. The molecule has 51 heavy (non-hydrogen) atoms. The number of β-lactam (4-membered cyclic amide) rings is 1. The van der Waals surface area contributed by atoms with E-state index in [9.17, 15) is 42.3 Å². The minimum Gasteiger partial charge on any atom is -0.548 e. The zero-order valence-electron chi connectivity index (χ0n) is 28.1. The molecule has 2 heterocycles. The Morgan fingerprint density at radius 2 is 1.51 bits per heavy atom. The van der Waals surface area contributed by atoms with Gasteiger partial charge in [-0.3, -0.25) is 19.2 Å². The quantitative estimate of drug-likeness (QED) is 0.133. The Kier molecular flexibility index (Phi) is 14.0. The summed E-state index contributed by atoms with van der Waals surface area (Å²) < 4.78 is 30.4. The van der Waals surface area contributed by atoms with Crippen molar-refractivity contribution in [3.05, 3.63) is 90.0 Å². The number of hydrogen-bond acceptors (Lipinski definition) is 11. The number of nitrogens with zero attached hydrogens (tertiary/aromatic N) is 1. The number of aliphatic carboxylic acids is 1. The second kappa shape index (κ2) is 17.2. The number of sulfonamides is 1. The number of para-hydroxylation sites is 1. The van der Waals surface area contributed by atoms with Crippen LogP contribution in [0.15, 0.2) is 83.8 Å². The number of hydrogen-bond donors (Lipinski definition) is 4. The van der Waals surface area contributed by atoms with Crippen molar-refractivity contribution >= 4 is 63.0 Å². The molecule has 0 bridgehead atoms. The number of ether oxygens (including phenoxy) is 1. The third-order valence-electron chi connectivity index (χ3n) is 7.49. The Balaban J connectivity index is 0.000000270. The number of anilines is 1. The van der Waals surface area contributed by atoms with Gasteiger partial charge >= 0.3 is 57.4 Å². The number of nitrogens with one attached hydrogen (secondary N) is 3. The summed E-state index contributed by atoms with van der Waals surface area (Å²) in [7, 11) is -3.96. The maximum Gasteiger partial charge on any atom is 1.00 e. The first kappa shape index (κ1) is 41.6. The van der Waals surface area contributed by atoms with Crippen molar-refractivity contribution in [3.63, 3.8) is 0 Å². The topological polar surface area (TPSA) is 228 Å². The standard InChI is InChI=1S/C17H20N2O5S.C16H14N2O6S.K/c1-9(24-10-7-5-4-6-8-10)13(20)18-11-14(21)19-12(16(22)23)17(2,3)25-15(11)19;1-10(19)18-25(23,24)12-8-6-11(7-9-12)17-15(20)13-4-2-3-5-14(13)16(21)22;/h4-9,11-12,15H,1-3H3,(H,18,20)(H,22,23);2-9H,1H3,(H,17,20)(H,18,19)(H,21,22);/q;;+1/p-1/t9?,11-,12+,15-;;/m1../s1. The van der Waals surface area contributed by atoms with Crippen LogP contribution in [0.2, 0.25) is 0 Å². The molecule has 1 unspecified atom stereocenters. The van der Waals surface area contributed by atoms with E-state index in [4.69, 9.17) is 9.84 Å². The van der Waals surface area contributed by atoms with Crippen LogP contribution in [-0.2, 0) is 29.2 Å². The molecule has 264 valence electrons. The van der Waals surface area contributed by atoms with Gasteiger partial charge in [0.2, 0.25) is 11.8 Å². The summed E-state index contributed by atoms with van der Waals surface area (Å²) in [5.41, 5.74) is 0.0989. The molecule has 0 spiro atoms. The van der Waals surface area contributed by atoms with Gasteiger partial charge in [0.15, 0.2) is 6.10 Å². The van der Waals surface area contributed by atoms with Crippen LogP contribution in [0.4, 0.5) is 5.69 Å². The first-order valence-electron chi connectivity index (χ1n) is 14.9. The Morgan fingerprint density at radius 3 is 2.06 bits per heavy atom. The predicted octanol–water partition coefficient (Wildman–Crippen LogP) is -1.78. The summed E-state index contributed by atoms with van der Waals surface area (Å²) in [5.74, 6) is -4.14. The van der Waals surface area contributed by atoms with Crippen LogP contribution >= 0.6 is 11.8 Å². The third kappa shape index (κ3) is 9.97. The van der Waals surface area contributed by atoms with Crippen LogP contribution in [-0.4, -0.2) is 82.3 Å². The number of carbonyl (C=O) groups is 6. The minimum absolute atomic E-state index is 0. The molecule has 15 nitrogen and oxygen atoms in total. The smallest absolute Gasteiger partial charge is 0.548 e. The molecule has 5 rings (SSSR count). The van der Waals surface area contributed by atoms with Gasteiger partial charge < -0.3 is 35.3 Å². The van der Waals surface area contributed by atoms with Gasteiger partial charge in [-0.05, 0) is 69.3 Å². The van der Waals surface area contributed by atoms with Gasteiger partial charge in [-0.2, -0.15) is 0 Å². The van der Waals surface area contributed by atoms with E-state index in [1.165, 1.54) is 65.2 Å². The zero-order valence-corrected chi connectivity index (χ0v) is 32.9. The van der Waals surface area contributed by atoms with Gasteiger partial charge in [0.25, 0.3) is 21.8 Å². The van der Waals surface area contributed by atoms with Gasteiger partial charge in [-0.15, -0.1) is 11.8 Å².